The molecule has 0 radical (unpaired) electrons. The van der Waals surface area contributed by atoms with Gasteiger partial charge in [0.15, 0.2) is 0 Å². The molecule has 0 unspecified atom stereocenters. The molecule has 3 aromatic rings. The van der Waals surface area contributed by atoms with Crippen LogP contribution in [-0.4, -0.2) is 29.3 Å². The van der Waals surface area contributed by atoms with Gasteiger partial charge in [0.2, 0.25) is 0 Å². The van der Waals surface area contributed by atoms with E-state index in [0.717, 1.165) is 0 Å². The highest BCUT2D eigenvalue weighted by atomic mass is 35.5. The Labute approximate surface area is 123 Å². The molecule has 0 aliphatic carbocycles. The molecule has 3 rings (SSSR count). The molecule has 0 saturated carbocycles. The van der Waals surface area contributed by atoms with E-state index in [1.54, 1.807) is 13.2 Å². The molecule has 0 aliphatic rings. The summed E-state index contributed by atoms with van der Waals surface area (Å²) in [7, 11) is 1.61. The molecule has 108 valence electrons. The number of aromatic nitrogens is 6. The second-order valence-corrected chi connectivity index (χ2v) is 4.84. The van der Waals surface area contributed by atoms with Crippen molar-refractivity contribution < 1.29 is 4.39 Å². The third-order valence-corrected chi connectivity index (χ3v) is 3.20. The Morgan fingerprint density at radius 3 is 2.86 bits per heavy atom. The van der Waals surface area contributed by atoms with Gasteiger partial charge in [-0.15, -0.1) is 5.10 Å². The van der Waals surface area contributed by atoms with E-state index in [4.69, 9.17) is 11.6 Å². The highest BCUT2D eigenvalue weighted by molar-refractivity contribution is 6.30. The van der Waals surface area contributed by atoms with Gasteiger partial charge in [-0.1, -0.05) is 16.8 Å². The van der Waals surface area contributed by atoms with Crippen molar-refractivity contribution in [3.63, 3.8) is 0 Å². The van der Waals surface area contributed by atoms with Gasteiger partial charge in [0, 0.05) is 7.05 Å². The first-order chi connectivity index (χ1) is 10.0. The van der Waals surface area contributed by atoms with Gasteiger partial charge < -0.3 is 0 Å². The molecule has 0 fully saturated rings. The maximum atomic E-state index is 13.1. The summed E-state index contributed by atoms with van der Waals surface area (Å²) in [4.78, 5) is 11.7. The second kappa shape index (κ2) is 5.13. The van der Waals surface area contributed by atoms with E-state index >= 15 is 0 Å². The lowest BCUT2D eigenvalue weighted by molar-refractivity contribution is 0.627. The van der Waals surface area contributed by atoms with Crippen LogP contribution in [-0.2, 0) is 13.6 Å². The van der Waals surface area contributed by atoms with Crippen LogP contribution in [0.2, 0.25) is 5.02 Å². The van der Waals surface area contributed by atoms with Crippen molar-refractivity contribution in [2.75, 3.05) is 0 Å². The summed E-state index contributed by atoms with van der Waals surface area (Å²) in [5.41, 5.74) is 0.888. The zero-order valence-corrected chi connectivity index (χ0v) is 11.7. The summed E-state index contributed by atoms with van der Waals surface area (Å²) in [6, 6.07) is 4.23. The molecular formula is C12H10ClFN6O. The van der Waals surface area contributed by atoms with Crippen LogP contribution in [0.1, 0.15) is 5.69 Å². The summed E-state index contributed by atoms with van der Waals surface area (Å²) in [5.74, 6) is -0.499. The fourth-order valence-electron chi connectivity index (χ4n) is 1.81. The number of halogens is 2. The van der Waals surface area contributed by atoms with Crippen molar-refractivity contribution in [2.45, 2.75) is 6.54 Å². The van der Waals surface area contributed by atoms with Crippen molar-refractivity contribution >= 4 is 11.6 Å². The van der Waals surface area contributed by atoms with Crippen LogP contribution in [0.15, 0.2) is 35.5 Å². The zero-order chi connectivity index (χ0) is 15.0. The maximum absolute atomic E-state index is 13.1. The first kappa shape index (κ1) is 13.5. The standard InChI is InChI=1S/C12H10ClFN6O/c1-18-7-15-20(12(18)21)6-8-5-19(17-16-8)9-2-3-11(14)10(13)4-9/h2-5,7H,6H2,1H3. The molecular weight excluding hydrogens is 299 g/mol. The molecule has 0 N–H and O–H groups in total. The maximum Gasteiger partial charge on any atom is 0.345 e. The van der Waals surface area contributed by atoms with Gasteiger partial charge in [0.1, 0.15) is 17.8 Å². The first-order valence-electron chi connectivity index (χ1n) is 5.99. The molecule has 2 aromatic heterocycles. The summed E-state index contributed by atoms with van der Waals surface area (Å²) >= 11 is 5.73. The van der Waals surface area contributed by atoms with Gasteiger partial charge in [-0.25, -0.2) is 18.5 Å². The van der Waals surface area contributed by atoms with Gasteiger partial charge >= 0.3 is 5.69 Å². The number of hydrogen-bond acceptors (Lipinski definition) is 4. The van der Waals surface area contributed by atoms with E-state index in [1.807, 2.05) is 0 Å². The molecule has 2 heterocycles. The zero-order valence-electron chi connectivity index (χ0n) is 10.9. The van der Waals surface area contributed by atoms with Gasteiger partial charge in [0.05, 0.1) is 23.5 Å². The quantitative estimate of drug-likeness (QED) is 0.724. The van der Waals surface area contributed by atoms with E-state index < -0.39 is 5.82 Å². The largest absolute Gasteiger partial charge is 0.345 e. The molecule has 21 heavy (non-hydrogen) atoms. The third kappa shape index (κ3) is 2.57. The topological polar surface area (TPSA) is 70.5 Å². The van der Waals surface area contributed by atoms with Gasteiger partial charge in [-0.05, 0) is 18.2 Å². The molecule has 0 bridgehead atoms. The number of nitrogens with zero attached hydrogens (tertiary/aromatic N) is 6. The van der Waals surface area contributed by atoms with Crippen LogP contribution in [0.4, 0.5) is 4.39 Å². The molecule has 0 atom stereocenters. The lowest BCUT2D eigenvalue weighted by Gasteiger charge is -2.00. The predicted octanol–water partition coefficient (Wildman–Crippen LogP) is 1.00. The lowest BCUT2D eigenvalue weighted by Crippen LogP contribution is -2.23. The van der Waals surface area contributed by atoms with Gasteiger partial charge in [-0.3, -0.25) is 4.57 Å². The number of aryl methyl sites for hydroxylation is 1. The van der Waals surface area contributed by atoms with E-state index in [1.165, 1.54) is 38.5 Å². The van der Waals surface area contributed by atoms with Crippen LogP contribution >= 0.6 is 11.6 Å². The van der Waals surface area contributed by atoms with Gasteiger partial charge in [-0.2, -0.15) is 5.10 Å². The molecule has 9 heteroatoms. The molecule has 0 amide bonds. The third-order valence-electron chi connectivity index (χ3n) is 2.91. The highest BCUT2D eigenvalue weighted by Gasteiger charge is 2.08. The number of rotatable bonds is 3. The molecule has 0 spiro atoms. The minimum atomic E-state index is -0.499. The Kier molecular flexibility index (Phi) is 3.30. The van der Waals surface area contributed by atoms with E-state index in [2.05, 4.69) is 15.4 Å². The number of hydrogen-bond donors (Lipinski definition) is 0. The monoisotopic (exact) mass is 308 g/mol. The van der Waals surface area contributed by atoms with Crippen molar-refractivity contribution in [3.8, 4) is 5.69 Å². The summed E-state index contributed by atoms with van der Waals surface area (Å²) in [6.07, 6.45) is 3.05. The van der Waals surface area contributed by atoms with E-state index in [0.29, 0.717) is 11.4 Å². The fourth-order valence-corrected chi connectivity index (χ4v) is 1.98. The fraction of sp³-hybridized carbons (Fsp3) is 0.167. The first-order valence-corrected chi connectivity index (χ1v) is 6.37. The Morgan fingerprint density at radius 2 is 2.19 bits per heavy atom. The summed E-state index contributed by atoms with van der Waals surface area (Å²) in [6.45, 7) is 0.203. The van der Waals surface area contributed by atoms with Crippen LogP contribution in [0.25, 0.3) is 5.69 Å². The van der Waals surface area contributed by atoms with Crippen LogP contribution < -0.4 is 5.69 Å². The van der Waals surface area contributed by atoms with E-state index in [-0.39, 0.29) is 17.3 Å². The Hall–Kier alpha value is -2.48. The highest BCUT2D eigenvalue weighted by Crippen LogP contribution is 2.18. The second-order valence-electron chi connectivity index (χ2n) is 4.43. The lowest BCUT2D eigenvalue weighted by atomic mass is 10.3. The Morgan fingerprint density at radius 1 is 1.38 bits per heavy atom. The van der Waals surface area contributed by atoms with Crippen molar-refractivity contribution in [2.24, 2.45) is 7.05 Å². The van der Waals surface area contributed by atoms with Gasteiger partial charge in [0.25, 0.3) is 0 Å². The Bertz CT molecular complexity index is 852. The van der Waals surface area contributed by atoms with Crippen molar-refractivity contribution in [1.82, 2.24) is 29.3 Å². The minimum Gasteiger partial charge on any atom is -0.285 e. The molecule has 0 saturated heterocycles. The predicted molar refractivity (Wildman–Crippen MR) is 72.9 cm³/mol. The molecule has 1 aromatic carbocycles. The van der Waals surface area contributed by atoms with Crippen molar-refractivity contribution in [1.29, 1.82) is 0 Å². The summed E-state index contributed by atoms with van der Waals surface area (Å²) in [5, 5.41) is 11.8. The van der Waals surface area contributed by atoms with Crippen LogP contribution in [0.3, 0.4) is 0 Å². The van der Waals surface area contributed by atoms with E-state index in [9.17, 15) is 9.18 Å². The van der Waals surface area contributed by atoms with Crippen LogP contribution in [0.5, 0.6) is 0 Å². The average molecular weight is 309 g/mol. The minimum absolute atomic E-state index is 0.00509. The van der Waals surface area contributed by atoms with Crippen molar-refractivity contribution in [3.05, 3.63) is 57.7 Å². The smallest absolute Gasteiger partial charge is 0.285 e. The number of benzene rings is 1. The SMILES string of the molecule is Cn1cnn(Cc2cn(-c3ccc(F)c(Cl)c3)nn2)c1=O. The summed E-state index contributed by atoms with van der Waals surface area (Å²) < 4.78 is 17.2. The molecule has 0 aliphatic heterocycles. The normalized spacial score (nSPS) is 11.0. The molecule has 7 nitrogen and oxygen atoms in total. The van der Waals surface area contributed by atoms with Crippen LogP contribution in [0, 0.1) is 5.82 Å². The Balaban J connectivity index is 1.88. The average Bonchev–Trinajstić information content (AvgIpc) is 3.04.